The molecule has 3 aliphatic rings. The number of nitrogens with one attached hydrogen (secondary N) is 3. The van der Waals surface area contributed by atoms with Crippen LogP contribution in [0.3, 0.4) is 0 Å². The van der Waals surface area contributed by atoms with E-state index in [2.05, 4.69) is 33.1 Å². The third kappa shape index (κ3) is 3.35. The lowest BCUT2D eigenvalue weighted by molar-refractivity contribution is 0.0928. The number of pyridine rings is 1. The Morgan fingerprint density at radius 1 is 1.21 bits per heavy atom. The fourth-order valence-corrected chi connectivity index (χ4v) is 4.52. The van der Waals surface area contributed by atoms with Gasteiger partial charge in [0.15, 0.2) is 0 Å². The smallest absolute Gasteiger partial charge is 0.269 e. The van der Waals surface area contributed by atoms with E-state index < -0.39 is 0 Å². The topological polar surface area (TPSA) is 92.4 Å². The first-order valence-electron chi connectivity index (χ1n) is 10.1. The monoisotopic (exact) mass is 392 g/mol. The summed E-state index contributed by atoms with van der Waals surface area (Å²) < 4.78 is 5.39. The fourth-order valence-electron chi connectivity index (χ4n) is 4.52. The van der Waals surface area contributed by atoms with Crippen molar-refractivity contribution in [2.45, 2.75) is 18.9 Å². The van der Waals surface area contributed by atoms with Gasteiger partial charge in [-0.15, -0.1) is 0 Å². The van der Waals surface area contributed by atoms with Gasteiger partial charge in [0.25, 0.3) is 11.8 Å². The third-order valence-electron chi connectivity index (χ3n) is 6.19. The molecule has 2 amide bonds. The van der Waals surface area contributed by atoms with Crippen molar-refractivity contribution in [1.29, 1.82) is 0 Å². The molecule has 150 valence electrons. The Morgan fingerprint density at radius 3 is 2.83 bits per heavy atom. The fraction of sp³-hybridized carbons (Fsp3) is 0.409. The number of amides is 2. The largest absolute Gasteiger partial charge is 0.384 e. The number of hydrogen-bond acceptors (Lipinski definition) is 5. The number of anilines is 1. The van der Waals surface area contributed by atoms with Crippen LogP contribution in [0.25, 0.3) is 0 Å². The third-order valence-corrected chi connectivity index (χ3v) is 6.19. The summed E-state index contributed by atoms with van der Waals surface area (Å²) >= 11 is 0. The highest BCUT2D eigenvalue weighted by molar-refractivity contribution is 5.99. The van der Waals surface area contributed by atoms with Crippen molar-refractivity contribution >= 4 is 17.5 Å². The van der Waals surface area contributed by atoms with E-state index in [9.17, 15) is 9.59 Å². The molecule has 7 heteroatoms. The van der Waals surface area contributed by atoms with Crippen LogP contribution in [0, 0.1) is 11.8 Å². The maximum absolute atomic E-state index is 12.9. The molecule has 1 aromatic carbocycles. The first-order chi connectivity index (χ1) is 14.1. The van der Waals surface area contributed by atoms with Gasteiger partial charge < -0.3 is 20.7 Å². The molecule has 2 unspecified atom stereocenters. The zero-order chi connectivity index (χ0) is 20.0. The van der Waals surface area contributed by atoms with Crippen LogP contribution in [0.2, 0.25) is 0 Å². The van der Waals surface area contributed by atoms with Gasteiger partial charge in [0, 0.05) is 54.8 Å². The van der Waals surface area contributed by atoms with Crippen LogP contribution in [0.4, 0.5) is 5.69 Å². The van der Waals surface area contributed by atoms with Gasteiger partial charge in [-0.25, -0.2) is 4.98 Å². The first kappa shape index (κ1) is 18.1. The van der Waals surface area contributed by atoms with E-state index in [1.54, 1.807) is 19.2 Å². The van der Waals surface area contributed by atoms with Crippen LogP contribution in [0.5, 0.6) is 0 Å². The van der Waals surface area contributed by atoms with E-state index in [1.165, 1.54) is 11.1 Å². The number of hydrogen-bond donors (Lipinski definition) is 3. The summed E-state index contributed by atoms with van der Waals surface area (Å²) in [7, 11) is 1.57. The summed E-state index contributed by atoms with van der Waals surface area (Å²) in [4.78, 5) is 29.6. The SMILES string of the molecule is CNC(=O)c1cc(C(=O)NC2C3COCC32)cc(Cc2cccc3c2CCN3)n1. The standard InChI is InChI=1S/C22H24N4O3/c1-23-22(28)19-9-13(21(27)26-20-16-10-29-11-17(16)20)8-14(25-19)7-12-3-2-4-18-15(12)5-6-24-18/h2-4,8-9,16-17,20,24H,5-7,10-11H2,1H3,(H,23,28)(H,26,27). The summed E-state index contributed by atoms with van der Waals surface area (Å²) in [6.07, 6.45) is 1.55. The highest BCUT2D eigenvalue weighted by atomic mass is 16.5. The van der Waals surface area contributed by atoms with Gasteiger partial charge in [-0.2, -0.15) is 0 Å². The molecular formula is C22H24N4O3. The van der Waals surface area contributed by atoms with E-state index in [-0.39, 0.29) is 23.6 Å². The summed E-state index contributed by atoms with van der Waals surface area (Å²) in [5.41, 5.74) is 5.08. The maximum atomic E-state index is 12.9. The van der Waals surface area contributed by atoms with Crippen LogP contribution in [0.1, 0.15) is 37.7 Å². The number of benzene rings is 1. The number of carbonyl (C=O) groups is 2. The predicted octanol–water partition coefficient (Wildman–Crippen LogP) is 1.37. The summed E-state index contributed by atoms with van der Waals surface area (Å²) in [6.45, 7) is 2.36. The molecule has 0 spiro atoms. The number of aromatic nitrogens is 1. The van der Waals surface area contributed by atoms with Crippen molar-refractivity contribution < 1.29 is 14.3 Å². The average Bonchev–Trinajstić information content (AvgIpc) is 3.14. The maximum Gasteiger partial charge on any atom is 0.269 e. The molecule has 1 saturated carbocycles. The Balaban J connectivity index is 1.42. The Morgan fingerprint density at radius 2 is 2.03 bits per heavy atom. The van der Waals surface area contributed by atoms with Gasteiger partial charge in [-0.05, 0) is 35.7 Å². The first-order valence-corrected chi connectivity index (χ1v) is 10.1. The number of carbonyl (C=O) groups excluding carboxylic acids is 2. The van der Waals surface area contributed by atoms with E-state index >= 15 is 0 Å². The van der Waals surface area contributed by atoms with Gasteiger partial charge in [0.05, 0.1) is 13.2 Å². The molecule has 2 fully saturated rings. The summed E-state index contributed by atoms with van der Waals surface area (Å²) in [6, 6.07) is 9.75. The molecule has 3 heterocycles. The van der Waals surface area contributed by atoms with Gasteiger partial charge in [-0.1, -0.05) is 12.1 Å². The Kier molecular flexibility index (Phi) is 4.47. The molecule has 1 aliphatic carbocycles. The normalized spacial score (nSPS) is 23.7. The molecule has 2 atom stereocenters. The second-order valence-corrected chi connectivity index (χ2v) is 7.97. The quantitative estimate of drug-likeness (QED) is 0.715. The Hall–Kier alpha value is -2.93. The molecule has 0 bridgehead atoms. The van der Waals surface area contributed by atoms with Crippen LogP contribution in [-0.2, 0) is 17.6 Å². The zero-order valence-corrected chi connectivity index (χ0v) is 16.3. The van der Waals surface area contributed by atoms with Gasteiger partial charge >= 0.3 is 0 Å². The van der Waals surface area contributed by atoms with E-state index in [1.807, 2.05) is 6.07 Å². The average molecular weight is 392 g/mol. The minimum Gasteiger partial charge on any atom is -0.384 e. The van der Waals surface area contributed by atoms with E-state index in [0.29, 0.717) is 37.0 Å². The highest BCUT2D eigenvalue weighted by Crippen LogP contribution is 2.44. The number of ether oxygens (including phenoxy) is 1. The van der Waals surface area contributed by atoms with Gasteiger partial charge in [-0.3, -0.25) is 9.59 Å². The lowest BCUT2D eigenvalue weighted by Crippen LogP contribution is -2.30. The number of fused-ring (bicyclic) bond motifs is 2. The van der Waals surface area contributed by atoms with Crippen molar-refractivity contribution in [3.8, 4) is 0 Å². The van der Waals surface area contributed by atoms with Crippen LogP contribution < -0.4 is 16.0 Å². The second-order valence-electron chi connectivity index (χ2n) is 7.97. The minimum absolute atomic E-state index is 0.154. The lowest BCUT2D eigenvalue weighted by atomic mass is 9.99. The minimum atomic E-state index is -0.294. The number of nitrogens with zero attached hydrogens (tertiary/aromatic N) is 1. The van der Waals surface area contributed by atoms with Crippen molar-refractivity contribution in [2.75, 3.05) is 32.1 Å². The molecule has 2 aromatic rings. The van der Waals surface area contributed by atoms with Crippen LogP contribution >= 0.6 is 0 Å². The summed E-state index contributed by atoms with van der Waals surface area (Å²) in [5.74, 6) is 0.409. The molecule has 1 saturated heterocycles. The predicted molar refractivity (Wildman–Crippen MR) is 108 cm³/mol. The molecule has 2 aliphatic heterocycles. The molecule has 0 radical (unpaired) electrons. The second kappa shape index (κ2) is 7.15. The molecule has 7 nitrogen and oxygen atoms in total. The zero-order valence-electron chi connectivity index (χ0n) is 16.3. The van der Waals surface area contributed by atoms with Crippen LogP contribution in [-0.4, -0.2) is 49.6 Å². The molecule has 5 rings (SSSR count). The van der Waals surface area contributed by atoms with Gasteiger partial charge in [0.2, 0.25) is 0 Å². The number of rotatable bonds is 5. The lowest BCUT2D eigenvalue weighted by Gasteiger charge is -2.12. The Labute approximate surface area is 169 Å². The van der Waals surface area contributed by atoms with Crippen molar-refractivity contribution in [2.24, 2.45) is 11.8 Å². The van der Waals surface area contributed by atoms with Crippen LogP contribution in [0.15, 0.2) is 30.3 Å². The van der Waals surface area contributed by atoms with E-state index in [0.717, 1.165) is 24.3 Å². The van der Waals surface area contributed by atoms with Crippen molar-refractivity contribution in [3.63, 3.8) is 0 Å². The summed E-state index contributed by atoms with van der Waals surface area (Å²) in [5, 5.41) is 9.09. The molecule has 29 heavy (non-hydrogen) atoms. The molecule has 3 N–H and O–H groups in total. The van der Waals surface area contributed by atoms with Crippen molar-refractivity contribution in [3.05, 3.63) is 58.4 Å². The molecule has 1 aromatic heterocycles. The molecular weight excluding hydrogens is 368 g/mol. The van der Waals surface area contributed by atoms with Crippen molar-refractivity contribution in [1.82, 2.24) is 15.6 Å². The highest BCUT2D eigenvalue weighted by Gasteiger charge is 2.54. The Bertz CT molecular complexity index is 980. The van der Waals surface area contributed by atoms with E-state index in [4.69, 9.17) is 4.74 Å². The van der Waals surface area contributed by atoms with Gasteiger partial charge in [0.1, 0.15) is 5.69 Å².